The average Bonchev–Trinajstić information content (AvgIpc) is 1.00. The Balaban J connectivity index is -0.00000000167. The molecular weight excluding hydrogens is 224 g/mol. The minimum atomic E-state index is 0. The van der Waals surface area contributed by atoms with Crippen molar-refractivity contribution in [3.63, 3.8) is 0 Å². The van der Waals surface area contributed by atoms with E-state index in [0.29, 0.717) is 0 Å². The molecule has 0 atom stereocenters. The Morgan fingerprint density at radius 2 is 1.20 bits per heavy atom. The van der Waals surface area contributed by atoms with E-state index in [0.717, 1.165) is 0 Å². The van der Waals surface area contributed by atoms with Crippen LogP contribution in [0.15, 0.2) is 0 Å². The minimum Gasteiger partial charge on any atom is -0.279 e. The third-order valence-electron chi connectivity index (χ3n) is 0. The summed E-state index contributed by atoms with van der Waals surface area (Å²) < 4.78 is 8.06. The fourth-order valence-electron chi connectivity index (χ4n) is 0. The molecule has 0 aliphatic carbocycles. The molecule has 0 aromatic carbocycles. The van der Waals surface area contributed by atoms with Gasteiger partial charge in [0.05, 0.1) is 0 Å². The monoisotopic (exact) mass is 225 g/mol. The maximum absolute atomic E-state index is 8.06. The largest absolute Gasteiger partial charge is 0.279 e. The third-order valence-corrected chi connectivity index (χ3v) is 0. The van der Waals surface area contributed by atoms with E-state index in [9.17, 15) is 0 Å². The molecule has 0 fully saturated rings. The van der Waals surface area contributed by atoms with Crippen LogP contribution in [0, 0.1) is 0 Å². The van der Waals surface area contributed by atoms with Gasteiger partial charge in [-0.05, 0) is 0 Å². The summed E-state index contributed by atoms with van der Waals surface area (Å²) in [7, 11) is 1.72. The van der Waals surface area contributed by atoms with Gasteiger partial charge in [-0.1, -0.05) is 0 Å². The van der Waals surface area contributed by atoms with Crippen LogP contribution in [0.25, 0.3) is 0 Å². The van der Waals surface area contributed by atoms with E-state index in [4.69, 9.17) is 4.57 Å². The molecule has 0 N–H and O–H groups in total. The van der Waals surface area contributed by atoms with E-state index >= 15 is 0 Å². The van der Waals surface area contributed by atoms with Gasteiger partial charge < -0.3 is 0 Å². The molecule has 0 aromatic heterocycles. The zero-order valence-electron chi connectivity index (χ0n) is 3.12. The standard InChI is InChI=1S/Ge.K.HOP.Zn/c;;1-2;/h;;2H;. The number of hydrogen-bond donors (Lipinski definition) is 0. The predicted octanol–water partition coefficient (Wildman–Crippen LogP) is -0.289. The van der Waals surface area contributed by atoms with Gasteiger partial charge in [-0.15, -0.1) is 0 Å². The van der Waals surface area contributed by atoms with Crippen molar-refractivity contribution < 1.29 is 24.0 Å². The maximum Gasteiger partial charge on any atom is 0.138 e. The molecule has 0 heterocycles. The first-order chi connectivity index (χ1) is 1.00. The molecular formula is HGeKOPZn. The van der Waals surface area contributed by atoms with Gasteiger partial charge >= 0.3 is 0 Å². The summed E-state index contributed by atoms with van der Waals surface area (Å²) in [6, 6.07) is 0. The van der Waals surface area contributed by atoms with Crippen LogP contribution in [0.4, 0.5) is 0 Å². The van der Waals surface area contributed by atoms with E-state index < -0.39 is 0 Å². The first kappa shape index (κ1) is 24.7. The second-order valence-corrected chi connectivity index (χ2v) is 0. The molecule has 5 radical (unpaired) electrons. The molecule has 19 valence electrons. The van der Waals surface area contributed by atoms with Crippen molar-refractivity contribution in [3.8, 4) is 0 Å². The second-order valence-electron chi connectivity index (χ2n) is 0. The summed E-state index contributed by atoms with van der Waals surface area (Å²) in [5.41, 5.74) is 0. The first-order valence-electron chi connectivity index (χ1n) is 0.204. The second kappa shape index (κ2) is 28.5. The van der Waals surface area contributed by atoms with Gasteiger partial charge in [-0.25, -0.2) is 0 Å². The van der Waals surface area contributed by atoms with Crippen LogP contribution >= 0.6 is 9.12 Å². The van der Waals surface area contributed by atoms with Gasteiger partial charge in [0.2, 0.25) is 0 Å². The van der Waals surface area contributed by atoms with Crippen molar-refractivity contribution in [2.45, 2.75) is 0 Å². The molecule has 0 spiro atoms. The zero-order valence-corrected chi connectivity index (χ0v) is 12.3. The third kappa shape index (κ3) is 19.7. The van der Waals surface area contributed by atoms with Crippen LogP contribution in [-0.4, -0.2) is 69.0 Å². The number of hydrogen-bond acceptors (Lipinski definition) is 1. The molecule has 0 saturated carbocycles. The Morgan fingerprint density at radius 3 is 1.20 bits per heavy atom. The van der Waals surface area contributed by atoms with Crippen molar-refractivity contribution in [2.75, 3.05) is 0 Å². The van der Waals surface area contributed by atoms with Crippen LogP contribution in [0.1, 0.15) is 0 Å². The molecule has 5 heavy (non-hydrogen) atoms. The quantitative estimate of drug-likeness (QED) is 0.409. The van der Waals surface area contributed by atoms with Gasteiger partial charge in [0.15, 0.2) is 0 Å². The zero-order chi connectivity index (χ0) is 2.00. The van der Waals surface area contributed by atoms with Crippen LogP contribution in [0.2, 0.25) is 0 Å². The van der Waals surface area contributed by atoms with Gasteiger partial charge in [0.1, 0.15) is 9.12 Å². The summed E-state index contributed by atoms with van der Waals surface area (Å²) in [4.78, 5) is 0. The average molecular weight is 225 g/mol. The molecule has 0 aromatic rings. The van der Waals surface area contributed by atoms with E-state index in [-0.39, 0.29) is 88.5 Å². The van der Waals surface area contributed by atoms with Gasteiger partial charge in [0, 0.05) is 88.5 Å². The van der Waals surface area contributed by atoms with Crippen LogP contribution in [0.3, 0.4) is 0 Å². The summed E-state index contributed by atoms with van der Waals surface area (Å²) in [5, 5.41) is 0. The van der Waals surface area contributed by atoms with Crippen LogP contribution in [-0.2, 0) is 24.0 Å². The molecule has 1 nitrogen and oxygen atoms in total. The molecule has 0 saturated heterocycles. The van der Waals surface area contributed by atoms with Crippen molar-refractivity contribution in [1.29, 1.82) is 0 Å². The van der Waals surface area contributed by atoms with E-state index in [1.165, 1.54) is 0 Å². The van der Waals surface area contributed by atoms with Crippen molar-refractivity contribution in [3.05, 3.63) is 0 Å². The molecule has 0 unspecified atom stereocenters. The van der Waals surface area contributed by atoms with Crippen LogP contribution < -0.4 is 0 Å². The SMILES string of the molecule is O=P.[Ge].[K].[Zn]. The Morgan fingerprint density at radius 1 is 1.20 bits per heavy atom. The fraction of sp³-hybridized carbons (Fsp3) is 0. The molecule has 0 bridgehead atoms. The van der Waals surface area contributed by atoms with Crippen molar-refractivity contribution in [2.24, 2.45) is 0 Å². The molecule has 0 aliphatic rings. The Labute approximate surface area is 99.8 Å². The van der Waals surface area contributed by atoms with E-state index in [2.05, 4.69) is 0 Å². The van der Waals surface area contributed by atoms with Crippen molar-refractivity contribution in [1.82, 2.24) is 0 Å². The van der Waals surface area contributed by atoms with Crippen molar-refractivity contribution >= 4 is 78.1 Å². The van der Waals surface area contributed by atoms with Gasteiger partial charge in [-0.3, -0.25) is 4.57 Å². The first-order valence-corrected chi connectivity index (χ1v) is 0.612. The molecule has 0 aliphatic heterocycles. The summed E-state index contributed by atoms with van der Waals surface area (Å²) in [6.45, 7) is 0. The smallest absolute Gasteiger partial charge is 0.138 e. The molecule has 0 rings (SSSR count). The number of rotatable bonds is 0. The minimum absolute atomic E-state index is 0. The maximum atomic E-state index is 8.06. The normalized spacial score (nSPS) is 0.800. The Bertz CT molecular complexity index is 11.6. The molecule has 0 amide bonds. The Hall–Kier alpha value is 2.90. The predicted molar refractivity (Wildman–Crippen MR) is 20.5 cm³/mol. The van der Waals surface area contributed by atoms with E-state index in [1.54, 1.807) is 9.12 Å². The van der Waals surface area contributed by atoms with Crippen LogP contribution in [0.5, 0.6) is 0 Å². The fourth-order valence-corrected chi connectivity index (χ4v) is 0. The summed E-state index contributed by atoms with van der Waals surface area (Å²) >= 11 is 0. The Kier molecular flexibility index (Phi) is 141. The van der Waals surface area contributed by atoms with E-state index in [1.807, 2.05) is 0 Å². The van der Waals surface area contributed by atoms with Gasteiger partial charge in [-0.2, -0.15) is 0 Å². The summed E-state index contributed by atoms with van der Waals surface area (Å²) in [6.07, 6.45) is 0. The summed E-state index contributed by atoms with van der Waals surface area (Å²) in [5.74, 6) is 0. The molecule has 5 heteroatoms. The van der Waals surface area contributed by atoms with Gasteiger partial charge in [0.25, 0.3) is 0 Å². The topological polar surface area (TPSA) is 17.1 Å².